The number of urea groups is 1. The number of nitrogens with one attached hydrogen (secondary N) is 2. The Morgan fingerprint density at radius 3 is 2.48 bits per heavy atom. The first-order valence-corrected chi connectivity index (χ1v) is 8.31. The molecule has 0 saturated carbocycles. The number of carbonyl (C=O) groups excluding carboxylic acids is 1. The molecule has 0 aliphatic rings. The van der Waals surface area contributed by atoms with Gasteiger partial charge in [-0.15, -0.1) is 0 Å². The highest BCUT2D eigenvalue weighted by atomic mass is 32.2. The molecule has 21 heavy (non-hydrogen) atoms. The molecule has 0 bridgehead atoms. The van der Waals surface area contributed by atoms with Gasteiger partial charge in [0.05, 0.1) is 11.3 Å². The molecule has 0 atom stereocenters. The summed E-state index contributed by atoms with van der Waals surface area (Å²) in [6.45, 7) is 1.93. The summed E-state index contributed by atoms with van der Waals surface area (Å²) in [4.78, 5) is 22.4. The summed E-state index contributed by atoms with van der Waals surface area (Å²) in [6, 6.07) is 3.90. The molecule has 0 aromatic heterocycles. The van der Waals surface area contributed by atoms with Crippen molar-refractivity contribution in [3.63, 3.8) is 0 Å². The molecular formula is C13H18N2O5S. The third-order valence-electron chi connectivity index (χ3n) is 2.70. The number of sulfone groups is 1. The first kappa shape index (κ1) is 17.0. The Bertz CT molecular complexity index is 640. The molecule has 1 aromatic carbocycles. The number of carbonyl (C=O) groups is 2. The van der Waals surface area contributed by atoms with Gasteiger partial charge in [-0.05, 0) is 37.1 Å². The van der Waals surface area contributed by atoms with Gasteiger partial charge < -0.3 is 15.7 Å². The van der Waals surface area contributed by atoms with Gasteiger partial charge in [-0.2, -0.15) is 0 Å². The van der Waals surface area contributed by atoms with Crippen LogP contribution in [0.4, 0.5) is 10.5 Å². The van der Waals surface area contributed by atoms with Crippen LogP contribution in [0.5, 0.6) is 0 Å². The van der Waals surface area contributed by atoms with Crippen molar-refractivity contribution in [2.45, 2.75) is 13.3 Å². The van der Waals surface area contributed by atoms with E-state index in [0.29, 0.717) is 17.7 Å². The van der Waals surface area contributed by atoms with E-state index in [9.17, 15) is 18.0 Å². The van der Waals surface area contributed by atoms with Gasteiger partial charge in [-0.25, -0.2) is 18.0 Å². The summed E-state index contributed by atoms with van der Waals surface area (Å²) < 4.78 is 21.8. The summed E-state index contributed by atoms with van der Waals surface area (Å²) in [5, 5.41) is 14.0. The highest BCUT2D eigenvalue weighted by Crippen LogP contribution is 2.16. The minimum atomic E-state index is -3.03. The van der Waals surface area contributed by atoms with Crippen molar-refractivity contribution in [3.05, 3.63) is 29.3 Å². The molecule has 0 radical (unpaired) electrons. The molecule has 8 heteroatoms. The van der Waals surface area contributed by atoms with E-state index in [2.05, 4.69) is 10.6 Å². The smallest absolute Gasteiger partial charge is 0.335 e. The lowest BCUT2D eigenvalue weighted by Gasteiger charge is -2.10. The van der Waals surface area contributed by atoms with Crippen molar-refractivity contribution in [3.8, 4) is 0 Å². The highest BCUT2D eigenvalue weighted by Gasteiger charge is 2.08. The maximum atomic E-state index is 11.6. The number of benzene rings is 1. The highest BCUT2D eigenvalue weighted by molar-refractivity contribution is 7.90. The zero-order chi connectivity index (χ0) is 16.0. The third-order valence-corrected chi connectivity index (χ3v) is 3.73. The van der Waals surface area contributed by atoms with E-state index >= 15 is 0 Å². The van der Waals surface area contributed by atoms with Gasteiger partial charge in [-0.1, -0.05) is 0 Å². The van der Waals surface area contributed by atoms with Crippen LogP contribution in [0.3, 0.4) is 0 Å². The average molecular weight is 314 g/mol. The van der Waals surface area contributed by atoms with Gasteiger partial charge in [0.2, 0.25) is 0 Å². The van der Waals surface area contributed by atoms with Crippen LogP contribution < -0.4 is 10.6 Å². The normalized spacial score (nSPS) is 11.0. The van der Waals surface area contributed by atoms with Gasteiger partial charge in [0, 0.05) is 18.5 Å². The van der Waals surface area contributed by atoms with Crippen molar-refractivity contribution in [2.24, 2.45) is 0 Å². The summed E-state index contributed by atoms with van der Waals surface area (Å²) in [6.07, 6.45) is 1.48. The minimum absolute atomic E-state index is 0.0135. The predicted molar refractivity (Wildman–Crippen MR) is 79.5 cm³/mol. The molecule has 0 fully saturated rings. The van der Waals surface area contributed by atoms with E-state index in [1.54, 1.807) is 6.92 Å². The molecule has 0 heterocycles. The number of amides is 2. The van der Waals surface area contributed by atoms with Gasteiger partial charge in [0.15, 0.2) is 0 Å². The fourth-order valence-corrected chi connectivity index (χ4v) is 2.31. The molecule has 7 nitrogen and oxygen atoms in total. The van der Waals surface area contributed by atoms with Crippen molar-refractivity contribution >= 4 is 27.5 Å². The lowest BCUT2D eigenvalue weighted by molar-refractivity contribution is 0.0696. The lowest BCUT2D eigenvalue weighted by atomic mass is 10.1. The Labute approximate surface area is 123 Å². The van der Waals surface area contributed by atoms with Crippen LogP contribution in [0.25, 0.3) is 0 Å². The summed E-state index contributed by atoms with van der Waals surface area (Å²) in [5.41, 5.74) is 1.27. The maximum Gasteiger partial charge on any atom is 0.335 e. The van der Waals surface area contributed by atoms with Crippen molar-refractivity contribution < 1.29 is 23.1 Å². The molecule has 0 aliphatic carbocycles. The molecule has 116 valence electrons. The van der Waals surface area contributed by atoms with E-state index < -0.39 is 21.8 Å². The Balaban J connectivity index is 2.50. The molecular weight excluding hydrogens is 296 g/mol. The average Bonchev–Trinajstić information content (AvgIpc) is 2.36. The SMILES string of the molecule is Cc1cc(C(=O)O)ccc1NC(=O)NCCCS(C)(=O)=O. The molecule has 1 rings (SSSR count). The number of hydrogen-bond acceptors (Lipinski definition) is 4. The van der Waals surface area contributed by atoms with Gasteiger partial charge in [-0.3, -0.25) is 0 Å². The zero-order valence-electron chi connectivity index (χ0n) is 11.8. The van der Waals surface area contributed by atoms with E-state index in [4.69, 9.17) is 5.11 Å². The Kier molecular flexibility index (Phi) is 5.71. The quantitative estimate of drug-likeness (QED) is 0.684. The van der Waals surface area contributed by atoms with Gasteiger partial charge in [0.1, 0.15) is 9.84 Å². The number of aromatic carboxylic acids is 1. The Morgan fingerprint density at radius 2 is 1.95 bits per heavy atom. The number of rotatable bonds is 6. The number of hydrogen-bond donors (Lipinski definition) is 3. The topological polar surface area (TPSA) is 113 Å². The first-order valence-electron chi connectivity index (χ1n) is 6.25. The van der Waals surface area contributed by atoms with Crippen LogP contribution in [-0.4, -0.2) is 44.1 Å². The maximum absolute atomic E-state index is 11.6. The van der Waals surface area contributed by atoms with E-state index in [1.807, 2.05) is 0 Å². The van der Waals surface area contributed by atoms with Crippen LogP contribution >= 0.6 is 0 Å². The Hall–Kier alpha value is -2.09. The van der Waals surface area contributed by atoms with Crippen LogP contribution in [0.15, 0.2) is 18.2 Å². The second-order valence-corrected chi connectivity index (χ2v) is 6.96. The van der Waals surface area contributed by atoms with E-state index in [1.165, 1.54) is 18.2 Å². The summed E-state index contributed by atoms with van der Waals surface area (Å²) in [7, 11) is -3.03. The minimum Gasteiger partial charge on any atom is -0.478 e. The standard InChI is InChI=1S/C13H18N2O5S/c1-9-8-10(12(16)17)4-5-11(9)15-13(18)14-6-3-7-21(2,19)20/h4-5,8H,3,6-7H2,1-2H3,(H,16,17)(H2,14,15,18). The molecule has 1 aromatic rings. The number of anilines is 1. The predicted octanol–water partition coefficient (Wildman–Crippen LogP) is 1.25. The molecule has 0 unspecified atom stereocenters. The van der Waals surface area contributed by atoms with Crippen LogP contribution in [-0.2, 0) is 9.84 Å². The lowest BCUT2D eigenvalue weighted by Crippen LogP contribution is -2.30. The molecule has 2 amide bonds. The fourth-order valence-electron chi connectivity index (χ4n) is 1.64. The monoisotopic (exact) mass is 314 g/mol. The van der Waals surface area contributed by atoms with E-state index in [0.717, 1.165) is 6.26 Å². The number of aryl methyl sites for hydroxylation is 1. The molecule has 0 aliphatic heterocycles. The van der Waals surface area contributed by atoms with Crippen LogP contribution in [0.1, 0.15) is 22.3 Å². The number of carboxylic acid groups (broad SMARTS) is 1. The Morgan fingerprint density at radius 1 is 1.29 bits per heavy atom. The second kappa shape index (κ2) is 7.07. The molecule has 0 spiro atoms. The third kappa shape index (κ3) is 6.26. The van der Waals surface area contributed by atoms with Crippen LogP contribution in [0.2, 0.25) is 0 Å². The van der Waals surface area contributed by atoms with E-state index in [-0.39, 0.29) is 17.9 Å². The fraction of sp³-hybridized carbons (Fsp3) is 0.385. The van der Waals surface area contributed by atoms with Crippen molar-refractivity contribution in [1.29, 1.82) is 0 Å². The van der Waals surface area contributed by atoms with Crippen LogP contribution in [0, 0.1) is 6.92 Å². The van der Waals surface area contributed by atoms with Crippen molar-refractivity contribution in [2.75, 3.05) is 23.9 Å². The zero-order valence-corrected chi connectivity index (χ0v) is 12.7. The molecule has 3 N–H and O–H groups in total. The van der Waals surface area contributed by atoms with Gasteiger partial charge >= 0.3 is 12.0 Å². The number of carboxylic acids is 1. The summed E-state index contributed by atoms with van der Waals surface area (Å²) in [5.74, 6) is -1.02. The second-order valence-electron chi connectivity index (χ2n) is 4.70. The van der Waals surface area contributed by atoms with Gasteiger partial charge in [0.25, 0.3) is 0 Å². The van der Waals surface area contributed by atoms with Crippen molar-refractivity contribution in [1.82, 2.24) is 5.32 Å². The molecule has 0 saturated heterocycles. The largest absolute Gasteiger partial charge is 0.478 e. The first-order chi connectivity index (χ1) is 9.69. The summed E-state index contributed by atoms with van der Waals surface area (Å²) >= 11 is 0.